The van der Waals surface area contributed by atoms with Gasteiger partial charge in [-0.15, -0.1) is 0 Å². The van der Waals surface area contributed by atoms with E-state index in [1.807, 2.05) is 6.08 Å². The molecule has 0 spiro atoms. The number of rotatable bonds is 56. The predicted octanol–water partition coefficient (Wildman–Crippen LogP) is 19.9. The van der Waals surface area contributed by atoms with E-state index in [0.717, 1.165) is 25.7 Å². The van der Waals surface area contributed by atoms with Gasteiger partial charge in [-0.1, -0.05) is 314 Å². The van der Waals surface area contributed by atoms with Gasteiger partial charge in [0.05, 0.1) is 18.8 Å². The Kier molecular flexibility index (Phi) is 56.2. The zero-order valence-corrected chi connectivity index (χ0v) is 44.5. The minimum atomic E-state index is -0.837. The number of carbonyl (C=O) groups is 1. The summed E-state index contributed by atoms with van der Waals surface area (Å²) in [7, 11) is 0. The van der Waals surface area contributed by atoms with Crippen molar-refractivity contribution >= 4 is 5.91 Å². The third kappa shape index (κ3) is 53.7. The standard InChI is InChI=1S/C61H119NO3/c1-3-5-7-9-11-13-15-17-19-21-23-25-26-27-28-29-30-31-32-33-34-35-37-39-41-43-45-47-49-51-53-55-57-61(65)62-59(58-63)60(64)56-54-52-50-48-46-44-42-40-38-36-24-22-20-18-16-14-12-10-8-6-4-2/h27-28,54,56,59-60,63-64H,3-26,29-53,55,57-58H2,1-2H3,(H,62,65)/b28-27-,56-54+. The lowest BCUT2D eigenvalue weighted by atomic mass is 10.0. The number of unbranched alkanes of at least 4 members (excludes halogenated alkanes) is 47. The van der Waals surface area contributed by atoms with Gasteiger partial charge in [-0.05, 0) is 44.9 Å². The Morgan fingerprint density at radius 1 is 0.354 bits per heavy atom. The molecule has 0 saturated heterocycles. The van der Waals surface area contributed by atoms with E-state index in [-0.39, 0.29) is 12.5 Å². The van der Waals surface area contributed by atoms with Gasteiger partial charge in [-0.3, -0.25) is 4.79 Å². The van der Waals surface area contributed by atoms with Crippen molar-refractivity contribution in [1.29, 1.82) is 0 Å². The molecule has 1 amide bonds. The van der Waals surface area contributed by atoms with E-state index in [1.165, 1.54) is 295 Å². The van der Waals surface area contributed by atoms with Crippen molar-refractivity contribution in [3.63, 3.8) is 0 Å². The number of allylic oxidation sites excluding steroid dienone is 3. The second kappa shape index (κ2) is 57.2. The van der Waals surface area contributed by atoms with Crippen molar-refractivity contribution in [2.24, 2.45) is 0 Å². The molecule has 0 fully saturated rings. The maximum absolute atomic E-state index is 12.5. The third-order valence-corrected chi connectivity index (χ3v) is 14.2. The first-order valence-electron chi connectivity index (χ1n) is 30.1. The van der Waals surface area contributed by atoms with Crippen LogP contribution in [0.3, 0.4) is 0 Å². The number of aliphatic hydroxyl groups is 2. The molecule has 65 heavy (non-hydrogen) atoms. The highest BCUT2D eigenvalue weighted by Gasteiger charge is 2.18. The molecule has 386 valence electrons. The van der Waals surface area contributed by atoms with Crippen LogP contribution in [-0.2, 0) is 4.79 Å². The second-order valence-electron chi connectivity index (χ2n) is 20.8. The minimum absolute atomic E-state index is 0.0571. The maximum Gasteiger partial charge on any atom is 0.220 e. The van der Waals surface area contributed by atoms with Gasteiger partial charge in [-0.25, -0.2) is 0 Å². The van der Waals surface area contributed by atoms with Crippen LogP contribution in [0.2, 0.25) is 0 Å². The lowest BCUT2D eigenvalue weighted by molar-refractivity contribution is -0.123. The summed E-state index contributed by atoms with van der Waals surface area (Å²) in [6.45, 7) is 4.35. The van der Waals surface area contributed by atoms with E-state index in [9.17, 15) is 15.0 Å². The van der Waals surface area contributed by atoms with Crippen LogP contribution in [0, 0.1) is 0 Å². The fourth-order valence-corrected chi connectivity index (χ4v) is 9.59. The number of hydrogen-bond acceptors (Lipinski definition) is 3. The van der Waals surface area contributed by atoms with E-state index in [0.29, 0.717) is 6.42 Å². The van der Waals surface area contributed by atoms with E-state index >= 15 is 0 Å². The Balaban J connectivity index is 3.43. The first-order valence-corrected chi connectivity index (χ1v) is 30.1. The normalized spacial score (nSPS) is 12.9. The molecule has 2 atom stereocenters. The number of nitrogens with one attached hydrogen (secondary N) is 1. The number of carbonyl (C=O) groups excluding carboxylic acids is 1. The fraction of sp³-hybridized carbons (Fsp3) is 0.918. The van der Waals surface area contributed by atoms with Crippen LogP contribution in [0.1, 0.15) is 341 Å². The largest absolute Gasteiger partial charge is 0.394 e. The summed E-state index contributed by atoms with van der Waals surface area (Å²) >= 11 is 0. The highest BCUT2D eigenvalue weighted by molar-refractivity contribution is 5.76. The van der Waals surface area contributed by atoms with E-state index < -0.39 is 12.1 Å². The van der Waals surface area contributed by atoms with Gasteiger partial charge in [0.1, 0.15) is 0 Å². The summed E-state index contributed by atoms with van der Waals surface area (Å²) in [6, 6.07) is -0.620. The number of aliphatic hydroxyl groups excluding tert-OH is 2. The average molecular weight is 915 g/mol. The topological polar surface area (TPSA) is 69.6 Å². The van der Waals surface area contributed by atoms with Gasteiger partial charge >= 0.3 is 0 Å². The van der Waals surface area contributed by atoms with Crippen molar-refractivity contribution in [2.75, 3.05) is 6.61 Å². The molecule has 0 aromatic heterocycles. The SMILES string of the molecule is CCCCCCCCCCCCCC/C=C\CCCCCCCCCCCCCCCCCCC(=O)NC(CO)C(O)/C=C/CCCCCCCCCCCCCCCCCCCCC. The van der Waals surface area contributed by atoms with Crippen molar-refractivity contribution in [2.45, 2.75) is 353 Å². The summed E-state index contributed by atoms with van der Waals surface area (Å²) < 4.78 is 0. The third-order valence-electron chi connectivity index (χ3n) is 14.2. The van der Waals surface area contributed by atoms with Crippen molar-refractivity contribution in [3.05, 3.63) is 24.3 Å². The summed E-state index contributed by atoms with van der Waals surface area (Å²) in [5.41, 5.74) is 0. The summed E-state index contributed by atoms with van der Waals surface area (Å²) in [4.78, 5) is 12.5. The average Bonchev–Trinajstić information content (AvgIpc) is 3.31. The Bertz CT molecular complexity index is 947. The van der Waals surface area contributed by atoms with Gasteiger partial charge in [0.25, 0.3) is 0 Å². The van der Waals surface area contributed by atoms with Crippen LogP contribution in [0.5, 0.6) is 0 Å². The second-order valence-corrected chi connectivity index (χ2v) is 20.8. The van der Waals surface area contributed by atoms with E-state index in [2.05, 4.69) is 31.3 Å². The minimum Gasteiger partial charge on any atom is -0.394 e. The maximum atomic E-state index is 12.5. The molecule has 0 aromatic carbocycles. The van der Waals surface area contributed by atoms with Crippen LogP contribution < -0.4 is 5.32 Å². The van der Waals surface area contributed by atoms with Gasteiger partial charge in [0, 0.05) is 6.42 Å². The van der Waals surface area contributed by atoms with Crippen LogP contribution in [0.4, 0.5) is 0 Å². The quantitative estimate of drug-likeness (QED) is 0.0421. The Hall–Kier alpha value is -1.13. The lowest BCUT2D eigenvalue weighted by Crippen LogP contribution is -2.45. The van der Waals surface area contributed by atoms with Gasteiger partial charge in [0.15, 0.2) is 0 Å². The van der Waals surface area contributed by atoms with Crippen LogP contribution in [0.15, 0.2) is 24.3 Å². The smallest absolute Gasteiger partial charge is 0.220 e. The first kappa shape index (κ1) is 63.9. The molecule has 0 aromatic rings. The zero-order valence-electron chi connectivity index (χ0n) is 44.5. The van der Waals surface area contributed by atoms with Gasteiger partial charge < -0.3 is 15.5 Å². The molecule has 0 rings (SSSR count). The van der Waals surface area contributed by atoms with E-state index in [1.54, 1.807) is 6.08 Å². The van der Waals surface area contributed by atoms with Crippen molar-refractivity contribution in [3.8, 4) is 0 Å². The zero-order chi connectivity index (χ0) is 47.0. The molecule has 2 unspecified atom stereocenters. The van der Waals surface area contributed by atoms with E-state index in [4.69, 9.17) is 0 Å². The fourth-order valence-electron chi connectivity index (χ4n) is 9.59. The molecule has 4 nitrogen and oxygen atoms in total. The highest BCUT2D eigenvalue weighted by Crippen LogP contribution is 2.18. The number of hydrogen-bond donors (Lipinski definition) is 3. The molecule has 0 aliphatic rings. The molecule has 4 heteroatoms. The Labute approximate surface area is 409 Å². The molecule has 3 N–H and O–H groups in total. The van der Waals surface area contributed by atoms with Crippen molar-refractivity contribution < 1.29 is 15.0 Å². The van der Waals surface area contributed by atoms with Crippen LogP contribution in [0.25, 0.3) is 0 Å². The summed E-state index contributed by atoms with van der Waals surface area (Å²) in [6.07, 6.45) is 76.5. The first-order chi connectivity index (χ1) is 32.2. The molecular weight excluding hydrogens is 795 g/mol. The highest BCUT2D eigenvalue weighted by atomic mass is 16.3. The van der Waals surface area contributed by atoms with Gasteiger partial charge in [0.2, 0.25) is 5.91 Å². The van der Waals surface area contributed by atoms with Crippen LogP contribution >= 0.6 is 0 Å². The molecule has 0 radical (unpaired) electrons. The Morgan fingerprint density at radius 2 is 0.585 bits per heavy atom. The molecule has 0 saturated carbocycles. The van der Waals surface area contributed by atoms with Crippen molar-refractivity contribution in [1.82, 2.24) is 5.32 Å². The predicted molar refractivity (Wildman–Crippen MR) is 290 cm³/mol. The summed E-state index contributed by atoms with van der Waals surface area (Å²) in [5.74, 6) is -0.0571. The molecule has 0 aliphatic heterocycles. The Morgan fingerprint density at radius 3 is 0.846 bits per heavy atom. The summed E-state index contributed by atoms with van der Waals surface area (Å²) in [5, 5.41) is 23.2. The molecular formula is C61H119NO3. The monoisotopic (exact) mass is 914 g/mol. The molecule has 0 aliphatic carbocycles. The molecule has 0 heterocycles. The van der Waals surface area contributed by atoms with Gasteiger partial charge in [-0.2, -0.15) is 0 Å². The lowest BCUT2D eigenvalue weighted by Gasteiger charge is -2.20. The number of amides is 1. The van der Waals surface area contributed by atoms with Crippen LogP contribution in [-0.4, -0.2) is 34.9 Å². The molecule has 0 bridgehead atoms.